The number of terminal acetylenes is 1. The van der Waals surface area contributed by atoms with Crippen molar-refractivity contribution in [1.82, 2.24) is 10.3 Å². The highest BCUT2D eigenvalue weighted by molar-refractivity contribution is 6.37. The van der Waals surface area contributed by atoms with Crippen molar-refractivity contribution in [2.45, 2.75) is 25.5 Å². The summed E-state index contributed by atoms with van der Waals surface area (Å²) in [4.78, 5) is 26.3. The van der Waals surface area contributed by atoms with Gasteiger partial charge in [-0.05, 0) is 25.0 Å². The van der Waals surface area contributed by atoms with Crippen LogP contribution in [-0.4, -0.2) is 29.4 Å². The summed E-state index contributed by atoms with van der Waals surface area (Å²) in [7, 11) is 0. The largest absolute Gasteiger partial charge is 0.442 e. The predicted molar refractivity (Wildman–Crippen MR) is 85.8 cm³/mol. The van der Waals surface area contributed by atoms with Gasteiger partial charge in [0.1, 0.15) is 18.8 Å². The Bertz CT molecular complexity index is 717. The van der Waals surface area contributed by atoms with E-state index in [1.807, 2.05) is 0 Å². The van der Waals surface area contributed by atoms with Gasteiger partial charge in [-0.25, -0.2) is 9.80 Å². The lowest BCUT2D eigenvalue weighted by Gasteiger charge is -2.37. The Morgan fingerprint density at radius 3 is 2.87 bits per heavy atom. The highest BCUT2D eigenvalue weighted by Gasteiger charge is 2.43. The number of hydrogen-bond acceptors (Lipinski definition) is 3. The number of carbonyl (C=O) groups is 2. The van der Waals surface area contributed by atoms with Crippen LogP contribution in [0.1, 0.15) is 18.4 Å². The zero-order chi connectivity index (χ0) is 16.6. The molecule has 2 fully saturated rings. The van der Waals surface area contributed by atoms with Gasteiger partial charge in [-0.3, -0.25) is 10.2 Å². The Balaban J connectivity index is 1.95. The molecular formula is C15H13Cl2N3O3. The maximum Gasteiger partial charge on any atom is 0.344 e. The van der Waals surface area contributed by atoms with E-state index in [9.17, 15) is 9.59 Å². The molecule has 1 atom stereocenters. The van der Waals surface area contributed by atoms with Crippen molar-refractivity contribution in [2.75, 3.05) is 11.6 Å². The Morgan fingerprint density at radius 2 is 2.13 bits per heavy atom. The van der Waals surface area contributed by atoms with Crippen LogP contribution in [0.3, 0.4) is 0 Å². The molecule has 2 aliphatic rings. The van der Waals surface area contributed by atoms with Gasteiger partial charge in [-0.1, -0.05) is 29.6 Å². The van der Waals surface area contributed by atoms with Crippen molar-refractivity contribution in [2.24, 2.45) is 0 Å². The molecule has 23 heavy (non-hydrogen) atoms. The number of hydrazine groups is 1. The van der Waals surface area contributed by atoms with E-state index in [0.717, 1.165) is 11.4 Å². The molecule has 3 rings (SSSR count). The second kappa shape index (κ2) is 6.19. The number of amides is 3. The number of benzene rings is 1. The third kappa shape index (κ3) is 2.78. The third-order valence-corrected chi connectivity index (χ3v) is 4.54. The molecule has 8 heteroatoms. The topological polar surface area (TPSA) is 61.9 Å². The van der Waals surface area contributed by atoms with Gasteiger partial charge >= 0.3 is 6.03 Å². The Labute approximate surface area is 143 Å². The van der Waals surface area contributed by atoms with Crippen LogP contribution in [0.25, 0.3) is 0 Å². The number of halogens is 2. The van der Waals surface area contributed by atoms with E-state index in [1.54, 1.807) is 11.0 Å². The Morgan fingerprint density at radius 1 is 1.35 bits per heavy atom. The highest BCUT2D eigenvalue weighted by atomic mass is 35.5. The monoisotopic (exact) mass is 353 g/mol. The second-order valence-corrected chi connectivity index (χ2v) is 6.06. The molecule has 2 heterocycles. The van der Waals surface area contributed by atoms with Gasteiger partial charge in [-0.15, -0.1) is 0 Å². The summed E-state index contributed by atoms with van der Waals surface area (Å²) in [5.41, 5.74) is 3.49. The molecule has 0 saturated carbocycles. The first-order chi connectivity index (χ1) is 11.0. The van der Waals surface area contributed by atoms with Crippen molar-refractivity contribution in [3.8, 4) is 12.5 Å². The zero-order valence-electron chi connectivity index (χ0n) is 12.0. The predicted octanol–water partition coefficient (Wildman–Crippen LogP) is 2.54. The lowest BCUT2D eigenvalue weighted by molar-refractivity contribution is -0.126. The molecule has 1 N–H and O–H groups in total. The normalized spacial score (nSPS) is 20.1. The van der Waals surface area contributed by atoms with Crippen molar-refractivity contribution in [1.29, 1.82) is 0 Å². The number of nitrogens with zero attached hydrogens (tertiary/aromatic N) is 2. The molecular weight excluding hydrogens is 341 g/mol. The molecule has 6 nitrogen and oxygen atoms in total. The van der Waals surface area contributed by atoms with Crippen LogP contribution in [-0.2, 0) is 16.1 Å². The van der Waals surface area contributed by atoms with E-state index in [4.69, 9.17) is 34.4 Å². The molecule has 120 valence electrons. The van der Waals surface area contributed by atoms with Crippen LogP contribution >= 0.6 is 23.2 Å². The second-order valence-electron chi connectivity index (χ2n) is 5.25. The molecule has 0 aliphatic carbocycles. The molecule has 1 aromatic rings. The van der Waals surface area contributed by atoms with Gasteiger partial charge in [0.15, 0.2) is 0 Å². The fourth-order valence-corrected chi connectivity index (χ4v) is 3.30. The standard InChI is InChI=1S/C15H13Cl2N3O3/c1-2-23-8-9-6-13(11(17)7-10(9)16)20-15(22)19-5-3-4-12(19)14(21)18-20/h1,6-7,12H,3-5,8H2,(H,18,21)/t12-/m1/s1. The lowest BCUT2D eigenvalue weighted by Crippen LogP contribution is -2.64. The van der Waals surface area contributed by atoms with Crippen molar-refractivity contribution >= 4 is 40.8 Å². The third-order valence-electron chi connectivity index (χ3n) is 3.88. The zero-order valence-corrected chi connectivity index (χ0v) is 13.5. The first-order valence-electron chi connectivity index (χ1n) is 6.99. The number of nitrogens with one attached hydrogen (secondary N) is 1. The number of carbonyl (C=O) groups excluding carboxylic acids is 2. The first kappa shape index (κ1) is 15.8. The number of fused-ring (bicyclic) bond motifs is 1. The van der Waals surface area contributed by atoms with Crippen molar-refractivity contribution < 1.29 is 14.3 Å². The lowest BCUT2D eigenvalue weighted by atomic mass is 10.2. The Kier molecular flexibility index (Phi) is 4.24. The van der Waals surface area contributed by atoms with E-state index < -0.39 is 6.04 Å². The minimum Gasteiger partial charge on any atom is -0.442 e. The van der Waals surface area contributed by atoms with E-state index in [1.165, 1.54) is 6.07 Å². The van der Waals surface area contributed by atoms with Gasteiger partial charge < -0.3 is 9.64 Å². The van der Waals surface area contributed by atoms with Crippen LogP contribution < -0.4 is 10.4 Å². The highest BCUT2D eigenvalue weighted by Crippen LogP contribution is 2.34. The number of rotatable bonds is 3. The maximum absolute atomic E-state index is 12.6. The minimum absolute atomic E-state index is 0.0712. The number of ether oxygens (including phenoxy) is 1. The van der Waals surface area contributed by atoms with Gasteiger partial charge in [0.25, 0.3) is 5.91 Å². The number of urea groups is 1. The average Bonchev–Trinajstić information content (AvgIpc) is 3.01. The number of hydrogen-bond donors (Lipinski definition) is 1. The average molecular weight is 354 g/mol. The number of anilines is 1. The maximum atomic E-state index is 12.6. The van der Waals surface area contributed by atoms with Crippen LogP contribution in [0.2, 0.25) is 10.0 Å². The van der Waals surface area contributed by atoms with Gasteiger partial charge in [-0.2, -0.15) is 0 Å². The molecule has 0 spiro atoms. The molecule has 0 unspecified atom stereocenters. The molecule has 0 radical (unpaired) electrons. The van der Waals surface area contributed by atoms with Crippen molar-refractivity contribution in [3.05, 3.63) is 27.7 Å². The molecule has 0 bridgehead atoms. The summed E-state index contributed by atoms with van der Waals surface area (Å²) in [5.74, 6) is -0.227. The molecule has 3 amide bonds. The van der Waals surface area contributed by atoms with Gasteiger partial charge in [0.05, 0.1) is 10.7 Å². The summed E-state index contributed by atoms with van der Waals surface area (Å²) in [6, 6.07) is 2.34. The van der Waals surface area contributed by atoms with Crippen molar-refractivity contribution in [3.63, 3.8) is 0 Å². The van der Waals surface area contributed by atoms with Crippen LogP contribution in [0.4, 0.5) is 10.5 Å². The van der Waals surface area contributed by atoms with E-state index >= 15 is 0 Å². The van der Waals surface area contributed by atoms with Crippen LogP contribution in [0.5, 0.6) is 0 Å². The SMILES string of the molecule is C#COCc1cc(N2NC(=O)[C@H]3CCCN3C2=O)c(Cl)cc1Cl. The smallest absolute Gasteiger partial charge is 0.344 e. The van der Waals surface area contributed by atoms with Crippen LogP contribution in [0, 0.1) is 12.5 Å². The summed E-state index contributed by atoms with van der Waals surface area (Å²) in [6.45, 7) is 0.619. The van der Waals surface area contributed by atoms with E-state index in [0.29, 0.717) is 29.2 Å². The summed E-state index contributed by atoms with van der Waals surface area (Å²) in [5, 5.41) is 1.75. The quantitative estimate of drug-likeness (QED) is 0.849. The summed E-state index contributed by atoms with van der Waals surface area (Å²) >= 11 is 12.3. The van der Waals surface area contributed by atoms with Gasteiger partial charge in [0, 0.05) is 17.1 Å². The molecule has 2 aliphatic heterocycles. The minimum atomic E-state index is -0.408. The van der Waals surface area contributed by atoms with Crippen LogP contribution in [0.15, 0.2) is 12.1 Å². The molecule has 0 aromatic heterocycles. The van der Waals surface area contributed by atoms with E-state index in [-0.39, 0.29) is 23.6 Å². The van der Waals surface area contributed by atoms with Gasteiger partial charge in [0.2, 0.25) is 0 Å². The Hall–Kier alpha value is -2.10. The summed E-state index contributed by atoms with van der Waals surface area (Å²) < 4.78 is 4.90. The fraction of sp³-hybridized carbons (Fsp3) is 0.333. The van der Waals surface area contributed by atoms with E-state index in [2.05, 4.69) is 11.5 Å². The molecule has 1 aromatic carbocycles. The fourth-order valence-electron chi connectivity index (χ4n) is 2.77. The molecule has 2 saturated heterocycles. The first-order valence-corrected chi connectivity index (χ1v) is 7.75. The summed E-state index contributed by atoms with van der Waals surface area (Å²) in [6.07, 6.45) is 8.59.